The summed E-state index contributed by atoms with van der Waals surface area (Å²) in [6.07, 6.45) is 1.02. The molecule has 0 spiro atoms. The van der Waals surface area contributed by atoms with Crippen molar-refractivity contribution in [2.45, 2.75) is 44.0 Å². The highest BCUT2D eigenvalue weighted by molar-refractivity contribution is 8.67. The number of hydrogen-bond acceptors (Lipinski definition) is 7. The predicted octanol–water partition coefficient (Wildman–Crippen LogP) is 5.50. The Labute approximate surface area is 161 Å². The average molecular weight is 416 g/mol. The molecule has 5 nitrogen and oxygen atoms in total. The first-order valence-corrected chi connectivity index (χ1v) is 13.3. The first kappa shape index (κ1) is 19.2. The molecule has 1 unspecified atom stereocenters. The molecule has 0 radical (unpaired) electrons. The fourth-order valence-corrected chi connectivity index (χ4v) is 7.76. The van der Waals surface area contributed by atoms with Gasteiger partial charge in [0.25, 0.3) is 0 Å². The third-order valence-corrected chi connectivity index (χ3v) is 9.98. The maximum Gasteiger partial charge on any atom is 0.322 e. The van der Waals surface area contributed by atoms with Gasteiger partial charge in [-0.25, -0.2) is 4.98 Å². The quantitative estimate of drug-likeness (QED) is 0.439. The fourth-order valence-electron chi connectivity index (χ4n) is 2.51. The summed E-state index contributed by atoms with van der Waals surface area (Å²) in [5.74, 6) is 1.71. The fraction of sp³-hybridized carbons (Fsp3) is 0.500. The van der Waals surface area contributed by atoms with E-state index in [1.54, 1.807) is 23.1 Å². The van der Waals surface area contributed by atoms with E-state index in [-0.39, 0.29) is 4.75 Å². The van der Waals surface area contributed by atoms with Gasteiger partial charge in [0.05, 0.1) is 22.4 Å². The number of fused-ring (bicyclic) bond motifs is 3. The second-order valence-electron chi connectivity index (χ2n) is 6.03. The number of rotatable bonds is 7. The molecule has 0 saturated heterocycles. The monoisotopic (exact) mass is 415 g/mol. The van der Waals surface area contributed by atoms with E-state index < -0.39 is 5.69 Å². The summed E-state index contributed by atoms with van der Waals surface area (Å²) in [6.45, 7) is 8.81. The summed E-state index contributed by atoms with van der Waals surface area (Å²) in [7, 11) is 0. The van der Waals surface area contributed by atoms with Gasteiger partial charge < -0.3 is 9.15 Å². The van der Waals surface area contributed by atoms with Crippen LogP contribution in [0.2, 0.25) is 0 Å². The molecule has 0 saturated carbocycles. The number of imidazole rings is 1. The number of oxime groups is 1. The largest absolute Gasteiger partial charge is 0.328 e. The molecule has 0 aliphatic carbocycles. The molecule has 1 aliphatic rings. The first-order valence-electron chi connectivity index (χ1n) is 8.23. The lowest BCUT2D eigenvalue weighted by atomic mass is 10.2. The summed E-state index contributed by atoms with van der Waals surface area (Å²) in [6, 6.07) is 8.06. The van der Waals surface area contributed by atoms with E-state index in [9.17, 15) is 0 Å². The van der Waals surface area contributed by atoms with Gasteiger partial charge in [-0.3, -0.25) is 4.57 Å². The second kappa shape index (κ2) is 7.61. The van der Waals surface area contributed by atoms with E-state index in [2.05, 4.69) is 30.5 Å². The summed E-state index contributed by atoms with van der Waals surface area (Å²) >= 11 is 8.88. The predicted molar refractivity (Wildman–Crippen MR) is 112 cm³/mol. The van der Waals surface area contributed by atoms with E-state index in [4.69, 9.17) is 25.9 Å². The average Bonchev–Trinajstić information content (AvgIpc) is 3.02. The van der Waals surface area contributed by atoms with Crippen molar-refractivity contribution in [2.24, 2.45) is 5.16 Å². The highest BCUT2D eigenvalue weighted by Crippen LogP contribution is 2.61. The van der Waals surface area contributed by atoms with Crippen LogP contribution in [0.4, 0.5) is 0 Å². The van der Waals surface area contributed by atoms with Crippen molar-refractivity contribution < 1.29 is 9.15 Å². The lowest BCUT2D eigenvalue weighted by molar-refractivity contribution is 0.278. The minimum atomic E-state index is -2.48. The third kappa shape index (κ3) is 3.93. The molecule has 1 aliphatic heterocycles. The normalized spacial score (nSPS) is 19.9. The Morgan fingerprint density at radius 3 is 2.84 bits per heavy atom. The molecule has 2 heterocycles. The van der Waals surface area contributed by atoms with Crippen LogP contribution >= 0.6 is 28.8 Å². The van der Waals surface area contributed by atoms with Gasteiger partial charge in [0, 0.05) is 5.75 Å². The minimum Gasteiger partial charge on any atom is -0.328 e. The van der Waals surface area contributed by atoms with Crippen molar-refractivity contribution in [2.75, 3.05) is 12.4 Å². The van der Waals surface area contributed by atoms with Crippen molar-refractivity contribution in [3.8, 4) is 0 Å². The molecule has 3 rings (SSSR count). The Hall–Kier alpha value is -0.530. The standard InChI is InChI=1S/C16H22N3O2PS3/c1-5-11-24-22(23,20-6-2)21-18-14-16(3,4)25-15-17-12-9-7-8-10-13(12)19(14)15/h7-10H,5-6,11H2,1-4H3. The smallest absolute Gasteiger partial charge is 0.322 e. The number of para-hydroxylation sites is 2. The molecular weight excluding hydrogens is 393 g/mol. The number of hydrogen-bond donors (Lipinski definition) is 0. The van der Waals surface area contributed by atoms with Gasteiger partial charge in [-0.15, -0.1) is 0 Å². The van der Waals surface area contributed by atoms with Crippen molar-refractivity contribution in [3.05, 3.63) is 24.3 Å². The van der Waals surface area contributed by atoms with E-state index in [0.29, 0.717) is 6.61 Å². The topological polar surface area (TPSA) is 48.6 Å². The number of aromatic nitrogens is 2. The first-order chi connectivity index (χ1) is 11.9. The SMILES string of the molecule is CCCSP(=S)(OCC)ON=C1n2c(nc3ccccc32)SC1(C)C. The van der Waals surface area contributed by atoms with Crippen LogP contribution in [0.3, 0.4) is 0 Å². The van der Waals surface area contributed by atoms with Gasteiger partial charge in [-0.2, -0.15) is 0 Å². The van der Waals surface area contributed by atoms with Crippen LogP contribution in [0, 0.1) is 0 Å². The van der Waals surface area contributed by atoms with E-state index in [1.807, 2.05) is 31.2 Å². The summed E-state index contributed by atoms with van der Waals surface area (Å²) < 4.78 is 13.4. The molecule has 2 aromatic rings. The summed E-state index contributed by atoms with van der Waals surface area (Å²) in [5, 5.41) is 5.43. The number of benzene rings is 1. The zero-order valence-corrected chi connectivity index (χ0v) is 18.1. The molecule has 1 aromatic heterocycles. The summed E-state index contributed by atoms with van der Waals surface area (Å²) in [4.78, 5) is 4.71. The van der Waals surface area contributed by atoms with Crippen LogP contribution in [-0.4, -0.2) is 32.5 Å². The van der Waals surface area contributed by atoms with Crippen LogP contribution in [0.25, 0.3) is 11.0 Å². The number of thioether (sulfide) groups is 1. The Morgan fingerprint density at radius 2 is 2.12 bits per heavy atom. The molecule has 1 aromatic carbocycles. The maximum absolute atomic E-state index is 5.86. The van der Waals surface area contributed by atoms with Crippen LogP contribution in [-0.2, 0) is 21.0 Å². The van der Waals surface area contributed by atoms with Gasteiger partial charge >= 0.3 is 5.69 Å². The zero-order chi connectivity index (χ0) is 18.1. The van der Waals surface area contributed by atoms with Crippen molar-refractivity contribution in [1.29, 1.82) is 0 Å². The van der Waals surface area contributed by atoms with Gasteiger partial charge in [0.2, 0.25) is 0 Å². The number of nitrogens with zero attached hydrogens (tertiary/aromatic N) is 3. The molecule has 25 heavy (non-hydrogen) atoms. The molecular formula is C16H22N3O2PS3. The van der Waals surface area contributed by atoms with Gasteiger partial charge in [0.15, 0.2) is 11.0 Å². The third-order valence-electron chi connectivity index (χ3n) is 3.59. The van der Waals surface area contributed by atoms with Gasteiger partial charge in [-0.05, 0) is 51.1 Å². The molecule has 9 heteroatoms. The zero-order valence-electron chi connectivity index (χ0n) is 14.8. The van der Waals surface area contributed by atoms with E-state index in [0.717, 1.165) is 34.2 Å². The van der Waals surface area contributed by atoms with Gasteiger partial charge in [0.1, 0.15) is 0 Å². The van der Waals surface area contributed by atoms with Crippen LogP contribution in [0.15, 0.2) is 34.6 Å². The van der Waals surface area contributed by atoms with Crippen molar-refractivity contribution >= 4 is 57.5 Å². The second-order valence-corrected chi connectivity index (χ2v) is 14.0. The van der Waals surface area contributed by atoms with Crippen molar-refractivity contribution in [1.82, 2.24) is 9.55 Å². The molecule has 136 valence electrons. The molecule has 0 fully saturated rings. The highest BCUT2D eigenvalue weighted by atomic mass is 32.9. The Kier molecular flexibility index (Phi) is 5.85. The lowest BCUT2D eigenvalue weighted by Crippen LogP contribution is -2.28. The van der Waals surface area contributed by atoms with E-state index >= 15 is 0 Å². The molecule has 0 N–H and O–H groups in total. The Balaban J connectivity index is 1.98. The van der Waals surface area contributed by atoms with Crippen LogP contribution < -0.4 is 0 Å². The Bertz CT molecular complexity index is 850. The molecule has 0 bridgehead atoms. The summed E-state index contributed by atoms with van der Waals surface area (Å²) in [5.41, 5.74) is -0.491. The van der Waals surface area contributed by atoms with Crippen LogP contribution in [0.1, 0.15) is 34.1 Å². The molecule has 0 amide bonds. The van der Waals surface area contributed by atoms with Crippen molar-refractivity contribution in [3.63, 3.8) is 0 Å². The lowest BCUT2D eigenvalue weighted by Gasteiger charge is -2.21. The van der Waals surface area contributed by atoms with Crippen LogP contribution in [0.5, 0.6) is 0 Å². The highest BCUT2D eigenvalue weighted by Gasteiger charge is 2.40. The maximum atomic E-state index is 5.86. The molecule has 1 atom stereocenters. The van der Waals surface area contributed by atoms with Gasteiger partial charge in [-0.1, -0.05) is 47.4 Å². The minimum absolute atomic E-state index is 0.242. The Morgan fingerprint density at radius 1 is 1.36 bits per heavy atom. The van der Waals surface area contributed by atoms with E-state index in [1.165, 1.54) is 0 Å².